The van der Waals surface area contributed by atoms with Gasteiger partial charge in [0, 0.05) is 12.5 Å². The minimum Gasteiger partial charge on any atom is -0.496 e. The molecular formula is C25H21F3N4O4. The molecule has 8 nitrogen and oxygen atoms in total. The molecule has 4 aromatic rings. The lowest BCUT2D eigenvalue weighted by Gasteiger charge is -2.22. The molecule has 0 aliphatic carbocycles. The van der Waals surface area contributed by atoms with Crippen LogP contribution >= 0.6 is 0 Å². The van der Waals surface area contributed by atoms with Gasteiger partial charge in [0.05, 0.1) is 30.6 Å². The number of pyridine rings is 1. The Balaban J connectivity index is 1.81. The number of benzene rings is 2. The molecule has 2 N–H and O–H groups in total. The van der Waals surface area contributed by atoms with Crippen molar-refractivity contribution in [1.29, 1.82) is 0 Å². The molecule has 186 valence electrons. The SMILES string of the molecule is COc1cccc2[nH]c(=O)n(C(Cc3ccc(F)cc3)C(=O)N[C@@H](C)c3ncc(F)cc3F)c(=O)c12. The van der Waals surface area contributed by atoms with Crippen molar-refractivity contribution >= 4 is 16.8 Å². The van der Waals surface area contributed by atoms with E-state index in [0.29, 0.717) is 11.6 Å². The fraction of sp³-hybridized carbons (Fsp3) is 0.200. The molecule has 4 rings (SSSR count). The number of aromatic nitrogens is 3. The Labute approximate surface area is 202 Å². The van der Waals surface area contributed by atoms with Gasteiger partial charge in [-0.25, -0.2) is 22.5 Å². The minimum absolute atomic E-state index is 0.0517. The number of H-pyrrole nitrogens is 1. The van der Waals surface area contributed by atoms with Crippen LogP contribution < -0.4 is 21.3 Å². The van der Waals surface area contributed by atoms with E-state index in [1.807, 2.05) is 0 Å². The number of carbonyl (C=O) groups excluding carboxylic acids is 1. The van der Waals surface area contributed by atoms with Crippen molar-refractivity contribution in [3.63, 3.8) is 0 Å². The third-order valence-electron chi connectivity index (χ3n) is 5.70. The Hall–Kier alpha value is -4.41. The molecule has 0 fully saturated rings. The summed E-state index contributed by atoms with van der Waals surface area (Å²) >= 11 is 0. The van der Waals surface area contributed by atoms with Gasteiger partial charge in [0.2, 0.25) is 5.91 Å². The second kappa shape index (κ2) is 10.1. The number of carbonyl (C=O) groups is 1. The van der Waals surface area contributed by atoms with Gasteiger partial charge in [0.15, 0.2) is 0 Å². The molecule has 2 atom stereocenters. The average molecular weight is 498 g/mol. The lowest BCUT2D eigenvalue weighted by Crippen LogP contribution is -2.46. The first-order valence-corrected chi connectivity index (χ1v) is 10.9. The summed E-state index contributed by atoms with van der Waals surface area (Å²) < 4.78 is 46.9. The molecule has 0 aliphatic heterocycles. The Morgan fingerprint density at radius 1 is 1.11 bits per heavy atom. The predicted molar refractivity (Wildman–Crippen MR) is 125 cm³/mol. The molecule has 1 amide bonds. The van der Waals surface area contributed by atoms with Crippen molar-refractivity contribution in [1.82, 2.24) is 19.9 Å². The minimum atomic E-state index is -1.41. The normalized spacial score (nSPS) is 12.8. The van der Waals surface area contributed by atoms with Crippen molar-refractivity contribution < 1.29 is 22.7 Å². The number of hydrogen-bond donors (Lipinski definition) is 2. The Morgan fingerprint density at radius 2 is 1.83 bits per heavy atom. The number of ether oxygens (including phenoxy) is 1. The van der Waals surface area contributed by atoms with E-state index in [2.05, 4.69) is 15.3 Å². The highest BCUT2D eigenvalue weighted by molar-refractivity contribution is 5.85. The third kappa shape index (κ3) is 4.85. The Bertz CT molecular complexity index is 1550. The van der Waals surface area contributed by atoms with Gasteiger partial charge in [-0.1, -0.05) is 18.2 Å². The summed E-state index contributed by atoms with van der Waals surface area (Å²) in [6.07, 6.45) is 0.643. The highest BCUT2D eigenvalue weighted by Gasteiger charge is 2.28. The van der Waals surface area contributed by atoms with E-state index in [-0.39, 0.29) is 28.8 Å². The maximum absolute atomic E-state index is 14.2. The molecule has 2 aromatic heterocycles. The molecule has 36 heavy (non-hydrogen) atoms. The van der Waals surface area contributed by atoms with Crippen LogP contribution in [0.4, 0.5) is 13.2 Å². The maximum atomic E-state index is 14.2. The summed E-state index contributed by atoms with van der Waals surface area (Å²) in [5, 5.41) is 2.59. The fourth-order valence-corrected chi connectivity index (χ4v) is 3.96. The van der Waals surface area contributed by atoms with Crippen molar-refractivity contribution in [2.45, 2.75) is 25.4 Å². The van der Waals surface area contributed by atoms with E-state index in [1.165, 1.54) is 50.4 Å². The van der Waals surface area contributed by atoms with E-state index >= 15 is 0 Å². The van der Waals surface area contributed by atoms with Gasteiger partial charge in [-0.3, -0.25) is 14.6 Å². The van der Waals surface area contributed by atoms with Crippen LogP contribution in [0.25, 0.3) is 10.9 Å². The zero-order chi connectivity index (χ0) is 26.0. The number of amides is 1. The first-order chi connectivity index (χ1) is 17.2. The van der Waals surface area contributed by atoms with Crippen LogP contribution in [0.2, 0.25) is 0 Å². The Morgan fingerprint density at radius 3 is 2.50 bits per heavy atom. The number of rotatable bonds is 7. The van der Waals surface area contributed by atoms with Crippen LogP contribution in [0.3, 0.4) is 0 Å². The molecule has 2 aromatic carbocycles. The van der Waals surface area contributed by atoms with E-state index in [0.717, 1.165) is 10.8 Å². The smallest absolute Gasteiger partial charge is 0.329 e. The van der Waals surface area contributed by atoms with Crippen molar-refractivity contribution in [2.24, 2.45) is 0 Å². The zero-order valence-corrected chi connectivity index (χ0v) is 19.2. The second-order valence-corrected chi connectivity index (χ2v) is 8.09. The van der Waals surface area contributed by atoms with Crippen LogP contribution in [-0.2, 0) is 11.2 Å². The predicted octanol–water partition coefficient (Wildman–Crippen LogP) is 3.17. The highest BCUT2D eigenvalue weighted by Crippen LogP contribution is 2.22. The summed E-state index contributed by atoms with van der Waals surface area (Å²) in [4.78, 5) is 46.2. The molecule has 0 spiro atoms. The first-order valence-electron chi connectivity index (χ1n) is 10.9. The van der Waals surface area contributed by atoms with E-state index in [9.17, 15) is 27.6 Å². The quantitative estimate of drug-likeness (QED) is 0.407. The molecule has 0 bridgehead atoms. The van der Waals surface area contributed by atoms with Gasteiger partial charge in [0.1, 0.15) is 34.6 Å². The largest absolute Gasteiger partial charge is 0.496 e. The number of nitrogens with zero attached hydrogens (tertiary/aromatic N) is 2. The molecule has 0 radical (unpaired) electrons. The van der Waals surface area contributed by atoms with Crippen LogP contribution in [0.5, 0.6) is 5.75 Å². The third-order valence-corrected chi connectivity index (χ3v) is 5.70. The average Bonchev–Trinajstić information content (AvgIpc) is 2.83. The molecule has 0 saturated heterocycles. The van der Waals surface area contributed by atoms with Crippen molar-refractivity contribution in [3.8, 4) is 5.75 Å². The van der Waals surface area contributed by atoms with Crippen LogP contribution in [-0.4, -0.2) is 27.6 Å². The van der Waals surface area contributed by atoms with Gasteiger partial charge in [-0.2, -0.15) is 0 Å². The summed E-state index contributed by atoms with van der Waals surface area (Å²) in [6.45, 7) is 1.42. The molecule has 1 unspecified atom stereocenters. The molecule has 0 saturated carbocycles. The van der Waals surface area contributed by atoms with Crippen LogP contribution in [0.15, 0.2) is 64.3 Å². The molecule has 11 heteroatoms. The monoisotopic (exact) mass is 498 g/mol. The van der Waals surface area contributed by atoms with Gasteiger partial charge < -0.3 is 15.0 Å². The van der Waals surface area contributed by atoms with Crippen molar-refractivity contribution in [3.05, 3.63) is 104 Å². The topological polar surface area (TPSA) is 106 Å². The lowest BCUT2D eigenvalue weighted by molar-refractivity contribution is -0.125. The number of aromatic amines is 1. The molecular weight excluding hydrogens is 477 g/mol. The number of nitrogens with one attached hydrogen (secondary N) is 2. The van der Waals surface area contributed by atoms with Gasteiger partial charge in [-0.15, -0.1) is 0 Å². The highest BCUT2D eigenvalue weighted by atomic mass is 19.1. The summed E-state index contributed by atoms with van der Waals surface area (Å²) in [5.74, 6) is -2.97. The van der Waals surface area contributed by atoms with E-state index in [4.69, 9.17) is 4.74 Å². The van der Waals surface area contributed by atoms with Crippen LogP contribution in [0, 0.1) is 17.5 Å². The van der Waals surface area contributed by atoms with Gasteiger partial charge in [-0.05, 0) is 36.8 Å². The fourth-order valence-electron chi connectivity index (χ4n) is 3.96. The number of hydrogen-bond acceptors (Lipinski definition) is 5. The summed E-state index contributed by atoms with van der Waals surface area (Å²) in [6, 6.07) is 8.04. The zero-order valence-electron chi connectivity index (χ0n) is 19.2. The maximum Gasteiger partial charge on any atom is 0.329 e. The van der Waals surface area contributed by atoms with E-state index < -0.39 is 46.7 Å². The number of halogens is 3. The summed E-state index contributed by atoms with van der Waals surface area (Å²) in [5.41, 5.74) is -1.20. The molecule has 2 heterocycles. The standard InChI is InChI=1S/C25H21F3N4O4/c1-13(22-17(28)11-16(27)12-29-22)30-23(33)19(10-14-6-8-15(26)9-7-14)32-24(34)21-18(31-25(32)35)4-3-5-20(21)36-2/h3-9,11-13,19H,10H2,1-2H3,(H,30,33)(H,31,35)/t13-,19?/m0/s1. The van der Waals surface area contributed by atoms with Gasteiger partial charge >= 0.3 is 5.69 Å². The van der Waals surface area contributed by atoms with Crippen molar-refractivity contribution in [2.75, 3.05) is 7.11 Å². The Kier molecular flexibility index (Phi) is 6.91. The summed E-state index contributed by atoms with van der Waals surface area (Å²) in [7, 11) is 1.36. The first kappa shape index (κ1) is 24.7. The second-order valence-electron chi connectivity index (χ2n) is 8.09. The number of fused-ring (bicyclic) bond motifs is 1. The van der Waals surface area contributed by atoms with E-state index in [1.54, 1.807) is 6.07 Å². The number of methoxy groups -OCH3 is 1. The van der Waals surface area contributed by atoms with Crippen LogP contribution in [0.1, 0.15) is 30.3 Å². The molecule has 0 aliphatic rings. The van der Waals surface area contributed by atoms with Gasteiger partial charge in [0.25, 0.3) is 5.56 Å². The lowest BCUT2D eigenvalue weighted by atomic mass is 10.0.